The van der Waals surface area contributed by atoms with Gasteiger partial charge in [-0.2, -0.15) is 0 Å². The van der Waals surface area contributed by atoms with Crippen LogP contribution in [0, 0.1) is 0 Å². The molecule has 0 radical (unpaired) electrons. The maximum atomic E-state index is 4.56. The van der Waals surface area contributed by atoms with Gasteiger partial charge in [0.05, 0.1) is 12.2 Å². The van der Waals surface area contributed by atoms with Crippen molar-refractivity contribution in [3.8, 4) is 0 Å². The van der Waals surface area contributed by atoms with Gasteiger partial charge in [-0.3, -0.25) is 4.98 Å². The van der Waals surface area contributed by atoms with E-state index in [4.69, 9.17) is 0 Å². The highest BCUT2D eigenvalue weighted by atomic mass is 32.1. The molecule has 0 spiro atoms. The number of aromatic nitrogens is 2. The minimum atomic E-state index is 0.128. The molecule has 0 aliphatic rings. The number of hydrogen-bond donors (Lipinski definition) is 1. The van der Waals surface area contributed by atoms with Gasteiger partial charge in [-0.05, 0) is 39.8 Å². The highest BCUT2D eigenvalue weighted by Crippen LogP contribution is 2.24. The van der Waals surface area contributed by atoms with Crippen LogP contribution in [0.2, 0.25) is 0 Å². The van der Waals surface area contributed by atoms with Gasteiger partial charge in [0.1, 0.15) is 0 Å². The third kappa shape index (κ3) is 5.10. The van der Waals surface area contributed by atoms with Gasteiger partial charge < -0.3 is 10.2 Å². The topological polar surface area (TPSA) is 41.1 Å². The van der Waals surface area contributed by atoms with Gasteiger partial charge in [-0.25, -0.2) is 4.98 Å². The highest BCUT2D eigenvalue weighted by Gasteiger charge is 2.13. The van der Waals surface area contributed by atoms with E-state index in [9.17, 15) is 0 Å². The average molecular weight is 304 g/mol. The number of pyridine rings is 1. The summed E-state index contributed by atoms with van der Waals surface area (Å²) in [5.74, 6) is 0. The first kappa shape index (κ1) is 15.9. The Morgan fingerprint density at radius 1 is 1.24 bits per heavy atom. The Morgan fingerprint density at radius 2 is 2.05 bits per heavy atom. The zero-order valence-electron chi connectivity index (χ0n) is 13.3. The molecule has 0 aliphatic heterocycles. The first-order valence-electron chi connectivity index (χ1n) is 7.32. The fourth-order valence-electron chi connectivity index (χ4n) is 1.88. The third-order valence-corrected chi connectivity index (χ3v) is 4.12. The molecule has 0 saturated carbocycles. The number of thiazole rings is 1. The van der Waals surface area contributed by atoms with Crippen molar-refractivity contribution in [2.75, 3.05) is 11.4 Å². The third-order valence-electron chi connectivity index (χ3n) is 3.07. The maximum absolute atomic E-state index is 4.56. The maximum Gasteiger partial charge on any atom is 0.185 e. The lowest BCUT2D eigenvalue weighted by molar-refractivity contribution is 0.426. The highest BCUT2D eigenvalue weighted by molar-refractivity contribution is 7.15. The number of nitrogens with one attached hydrogen (secondary N) is 1. The summed E-state index contributed by atoms with van der Waals surface area (Å²) in [7, 11) is 0. The van der Waals surface area contributed by atoms with Crippen LogP contribution in [0.5, 0.6) is 0 Å². The summed E-state index contributed by atoms with van der Waals surface area (Å²) in [6, 6.07) is 6.02. The van der Waals surface area contributed by atoms with Gasteiger partial charge in [0.25, 0.3) is 0 Å². The van der Waals surface area contributed by atoms with E-state index in [2.05, 4.69) is 53.9 Å². The largest absolute Gasteiger partial charge is 0.342 e. The Bertz CT molecular complexity index is 545. The minimum Gasteiger partial charge on any atom is -0.342 e. The second-order valence-corrected chi connectivity index (χ2v) is 7.14. The van der Waals surface area contributed by atoms with Crippen LogP contribution < -0.4 is 10.2 Å². The fraction of sp³-hybridized carbons (Fsp3) is 0.500. The monoisotopic (exact) mass is 304 g/mol. The van der Waals surface area contributed by atoms with Crippen LogP contribution in [0.15, 0.2) is 30.6 Å². The Morgan fingerprint density at radius 3 is 2.67 bits per heavy atom. The lowest BCUT2D eigenvalue weighted by atomic mass is 10.1. The van der Waals surface area contributed by atoms with E-state index in [0.717, 1.165) is 30.5 Å². The molecule has 0 atom stereocenters. The normalized spacial score (nSPS) is 11.6. The number of hydrogen-bond acceptors (Lipinski definition) is 5. The number of anilines is 1. The summed E-state index contributed by atoms with van der Waals surface area (Å²) in [5, 5.41) is 4.56. The van der Waals surface area contributed by atoms with E-state index < -0.39 is 0 Å². The zero-order valence-corrected chi connectivity index (χ0v) is 14.1. The van der Waals surface area contributed by atoms with Gasteiger partial charge in [0, 0.05) is 35.9 Å². The second-order valence-electron chi connectivity index (χ2n) is 6.05. The molecule has 0 aliphatic carbocycles. The van der Waals surface area contributed by atoms with Crippen molar-refractivity contribution in [1.29, 1.82) is 0 Å². The van der Waals surface area contributed by atoms with Crippen LogP contribution in [0.25, 0.3) is 0 Å². The first-order chi connectivity index (χ1) is 9.98. The average Bonchev–Trinajstić information content (AvgIpc) is 2.92. The van der Waals surface area contributed by atoms with Crippen LogP contribution >= 0.6 is 11.3 Å². The molecule has 1 N–H and O–H groups in total. The Kier molecular flexibility index (Phi) is 5.31. The Balaban J connectivity index is 2.01. The molecular formula is C16H24N4S. The van der Waals surface area contributed by atoms with Crippen molar-refractivity contribution >= 4 is 16.5 Å². The van der Waals surface area contributed by atoms with E-state index in [0.29, 0.717) is 0 Å². The van der Waals surface area contributed by atoms with E-state index in [1.807, 2.05) is 24.5 Å². The van der Waals surface area contributed by atoms with Crippen molar-refractivity contribution in [2.24, 2.45) is 0 Å². The van der Waals surface area contributed by atoms with E-state index in [-0.39, 0.29) is 5.54 Å². The van der Waals surface area contributed by atoms with Gasteiger partial charge in [-0.15, -0.1) is 11.3 Å². The first-order valence-corrected chi connectivity index (χ1v) is 8.14. The number of rotatable bonds is 6. The second kappa shape index (κ2) is 7.00. The Labute approximate surface area is 131 Å². The van der Waals surface area contributed by atoms with Gasteiger partial charge >= 0.3 is 0 Å². The van der Waals surface area contributed by atoms with E-state index in [1.165, 1.54) is 4.88 Å². The van der Waals surface area contributed by atoms with Crippen LogP contribution in [0.4, 0.5) is 5.13 Å². The van der Waals surface area contributed by atoms with E-state index >= 15 is 0 Å². The molecule has 2 aromatic rings. The molecule has 2 heterocycles. The fourth-order valence-corrected chi connectivity index (χ4v) is 2.79. The summed E-state index contributed by atoms with van der Waals surface area (Å²) in [6.07, 6.45) is 3.81. The van der Waals surface area contributed by atoms with Crippen LogP contribution in [0.1, 0.15) is 38.3 Å². The lowest BCUT2D eigenvalue weighted by Crippen LogP contribution is -2.34. The summed E-state index contributed by atoms with van der Waals surface area (Å²) >= 11 is 1.75. The molecule has 0 unspecified atom stereocenters. The molecule has 0 fully saturated rings. The number of nitrogens with zero attached hydrogens (tertiary/aromatic N) is 3. The summed E-state index contributed by atoms with van der Waals surface area (Å²) in [5.41, 5.74) is 1.20. The van der Waals surface area contributed by atoms with Crippen LogP contribution in [-0.4, -0.2) is 22.1 Å². The zero-order chi connectivity index (χ0) is 15.3. The van der Waals surface area contributed by atoms with Crippen molar-refractivity contribution < 1.29 is 0 Å². The van der Waals surface area contributed by atoms with Crippen molar-refractivity contribution in [1.82, 2.24) is 15.3 Å². The summed E-state index contributed by atoms with van der Waals surface area (Å²) in [6.45, 7) is 11.3. The summed E-state index contributed by atoms with van der Waals surface area (Å²) < 4.78 is 0. The molecule has 2 aromatic heterocycles. The minimum absolute atomic E-state index is 0.128. The van der Waals surface area contributed by atoms with Gasteiger partial charge in [0.2, 0.25) is 0 Å². The van der Waals surface area contributed by atoms with E-state index in [1.54, 1.807) is 11.3 Å². The molecule has 2 rings (SSSR count). The molecule has 0 saturated heterocycles. The van der Waals surface area contributed by atoms with Crippen molar-refractivity contribution in [2.45, 2.75) is 46.3 Å². The van der Waals surface area contributed by atoms with Crippen LogP contribution in [-0.2, 0) is 13.1 Å². The summed E-state index contributed by atoms with van der Waals surface area (Å²) in [4.78, 5) is 12.5. The molecule has 114 valence electrons. The lowest BCUT2D eigenvalue weighted by Gasteiger charge is -2.20. The smallest absolute Gasteiger partial charge is 0.185 e. The van der Waals surface area contributed by atoms with Crippen LogP contribution in [0.3, 0.4) is 0 Å². The van der Waals surface area contributed by atoms with Gasteiger partial charge in [0.15, 0.2) is 5.13 Å². The van der Waals surface area contributed by atoms with Crippen molar-refractivity contribution in [3.63, 3.8) is 0 Å². The predicted octanol–water partition coefficient (Wildman–Crippen LogP) is 3.45. The standard InChI is InChI=1S/C16H24N4S/c1-5-20(12-13-8-6-7-9-17-13)15-18-10-14(21-15)11-19-16(2,3)4/h6-10,19H,5,11-12H2,1-4H3. The van der Waals surface area contributed by atoms with Crippen molar-refractivity contribution in [3.05, 3.63) is 41.2 Å². The molecule has 21 heavy (non-hydrogen) atoms. The molecule has 4 nitrogen and oxygen atoms in total. The molecule has 0 aromatic carbocycles. The predicted molar refractivity (Wildman–Crippen MR) is 89.7 cm³/mol. The molecular weight excluding hydrogens is 280 g/mol. The quantitative estimate of drug-likeness (QED) is 0.887. The molecule has 0 bridgehead atoms. The SMILES string of the molecule is CCN(Cc1ccccn1)c1ncc(CNC(C)(C)C)s1. The Hall–Kier alpha value is -1.46. The molecule has 0 amide bonds. The molecule has 5 heteroatoms. The van der Waals surface area contributed by atoms with Gasteiger partial charge in [-0.1, -0.05) is 6.07 Å².